The van der Waals surface area contributed by atoms with E-state index in [0.717, 1.165) is 24.1 Å². The number of aromatic nitrogens is 6. The summed E-state index contributed by atoms with van der Waals surface area (Å²) in [5.74, 6) is -0.0956. The summed E-state index contributed by atoms with van der Waals surface area (Å²) in [7, 11) is 0. The van der Waals surface area contributed by atoms with E-state index < -0.39 is 12.0 Å². The summed E-state index contributed by atoms with van der Waals surface area (Å²) < 4.78 is 1.64. The van der Waals surface area contributed by atoms with Crippen LogP contribution < -0.4 is 10.6 Å². The Morgan fingerprint density at radius 3 is 2.75 bits per heavy atom. The van der Waals surface area contributed by atoms with Gasteiger partial charge in [0.25, 0.3) is 0 Å². The molecule has 0 amide bonds. The Balaban J connectivity index is 1.38. The topological polar surface area (TPSA) is 160 Å². The first-order valence-electron chi connectivity index (χ1n) is 11.5. The first-order chi connectivity index (χ1) is 17.5. The predicted molar refractivity (Wildman–Crippen MR) is 132 cm³/mol. The lowest BCUT2D eigenvalue weighted by atomic mass is 10.0. The highest BCUT2D eigenvalue weighted by atomic mass is 16.4. The fourth-order valence-electron chi connectivity index (χ4n) is 4.33. The van der Waals surface area contributed by atoms with Gasteiger partial charge in [-0.15, -0.1) is 5.10 Å². The number of nitrogens with two attached hydrogens (primary N) is 1. The van der Waals surface area contributed by atoms with Crippen LogP contribution >= 0.6 is 0 Å². The number of rotatable bonds is 6. The van der Waals surface area contributed by atoms with E-state index in [1.807, 2.05) is 29.2 Å². The van der Waals surface area contributed by atoms with Gasteiger partial charge in [-0.1, -0.05) is 23.4 Å². The molecule has 36 heavy (non-hydrogen) atoms. The minimum Gasteiger partial charge on any atom is -0.480 e. The fraction of sp³-hybridized carbons (Fsp3) is 0.240. The zero-order chi connectivity index (χ0) is 25.1. The Morgan fingerprint density at radius 2 is 1.92 bits per heavy atom. The van der Waals surface area contributed by atoms with Gasteiger partial charge >= 0.3 is 5.97 Å². The van der Waals surface area contributed by atoms with Crippen molar-refractivity contribution in [3.8, 4) is 28.7 Å². The number of carboxylic acids is 1. The number of hydrogen-bond donors (Lipinski definition) is 2. The Bertz CT molecular complexity index is 1460. The monoisotopic (exact) mass is 481 g/mol. The van der Waals surface area contributed by atoms with E-state index in [2.05, 4.69) is 26.3 Å². The molecule has 5 rings (SSSR count). The SMILES string of the molecule is N#Cc1cccc(-c2cc(-c3cn(Cc4cccc(N5CCCCC5C(=O)O)n4)nn3)nc(N)n2)c1. The summed E-state index contributed by atoms with van der Waals surface area (Å²) in [6.07, 6.45) is 4.19. The summed E-state index contributed by atoms with van der Waals surface area (Å²) in [5.41, 5.74) is 9.55. The molecule has 180 valence electrons. The summed E-state index contributed by atoms with van der Waals surface area (Å²) in [6, 6.07) is 16.0. The van der Waals surface area contributed by atoms with Gasteiger partial charge in [0.2, 0.25) is 5.95 Å². The number of nitrogen functional groups attached to an aromatic ring is 1. The minimum atomic E-state index is -0.828. The average molecular weight is 482 g/mol. The van der Waals surface area contributed by atoms with Crippen LogP contribution in [0.1, 0.15) is 30.5 Å². The molecule has 0 aliphatic carbocycles. The number of carboxylic acid groups (broad SMARTS) is 1. The standard InChI is InChI=1S/C25H23N9O2/c26-13-16-5-3-6-17(11-16)19-12-20(30-25(27)29-19)21-15-33(32-31-21)14-18-7-4-9-23(28-18)34-10-2-1-8-22(34)24(35)36/h3-7,9,11-12,15,22H,1-2,8,10,14H2,(H,35,36)(H2,27,29,30). The number of aliphatic carboxylic acids is 1. The average Bonchev–Trinajstić information content (AvgIpc) is 3.37. The maximum absolute atomic E-state index is 11.7. The second kappa shape index (κ2) is 9.79. The van der Waals surface area contributed by atoms with E-state index in [4.69, 9.17) is 10.7 Å². The minimum absolute atomic E-state index is 0.0864. The molecule has 1 saturated heterocycles. The Kier molecular flexibility index (Phi) is 6.23. The van der Waals surface area contributed by atoms with Crippen molar-refractivity contribution in [2.24, 2.45) is 0 Å². The number of nitriles is 1. The van der Waals surface area contributed by atoms with Gasteiger partial charge in [0.1, 0.15) is 17.6 Å². The molecule has 1 aliphatic rings. The van der Waals surface area contributed by atoms with Crippen LogP contribution in [0.5, 0.6) is 0 Å². The molecule has 0 radical (unpaired) electrons. The van der Waals surface area contributed by atoms with Crippen LogP contribution in [0.2, 0.25) is 0 Å². The van der Waals surface area contributed by atoms with Crippen molar-refractivity contribution in [3.05, 3.63) is 66.0 Å². The number of pyridine rings is 1. The molecule has 1 atom stereocenters. The molecule has 1 unspecified atom stereocenters. The highest BCUT2D eigenvalue weighted by Crippen LogP contribution is 2.25. The largest absolute Gasteiger partial charge is 0.480 e. The summed E-state index contributed by atoms with van der Waals surface area (Å²) >= 11 is 0. The van der Waals surface area contributed by atoms with Gasteiger partial charge in [-0.2, -0.15) is 5.26 Å². The first-order valence-corrected chi connectivity index (χ1v) is 11.5. The summed E-state index contributed by atoms with van der Waals surface area (Å²) in [6.45, 7) is 1.01. The van der Waals surface area contributed by atoms with Gasteiger partial charge in [0, 0.05) is 12.1 Å². The van der Waals surface area contributed by atoms with Crippen LogP contribution in [0.3, 0.4) is 0 Å². The lowest BCUT2D eigenvalue weighted by Crippen LogP contribution is -2.45. The quantitative estimate of drug-likeness (QED) is 0.419. The molecule has 0 bridgehead atoms. The normalized spacial score (nSPS) is 15.4. The number of hydrogen-bond acceptors (Lipinski definition) is 9. The van der Waals surface area contributed by atoms with E-state index in [1.165, 1.54) is 0 Å². The van der Waals surface area contributed by atoms with Crippen LogP contribution in [-0.2, 0) is 11.3 Å². The van der Waals surface area contributed by atoms with Crippen molar-refractivity contribution in [2.45, 2.75) is 31.8 Å². The fourth-order valence-corrected chi connectivity index (χ4v) is 4.33. The van der Waals surface area contributed by atoms with E-state index in [1.54, 1.807) is 35.1 Å². The molecule has 1 fully saturated rings. The smallest absolute Gasteiger partial charge is 0.326 e. The van der Waals surface area contributed by atoms with Crippen LogP contribution in [0.15, 0.2) is 54.7 Å². The number of nitrogens with zero attached hydrogens (tertiary/aromatic N) is 8. The number of anilines is 2. The molecule has 3 aromatic heterocycles. The molecule has 11 nitrogen and oxygen atoms in total. The van der Waals surface area contributed by atoms with Crippen LogP contribution in [0.4, 0.5) is 11.8 Å². The van der Waals surface area contributed by atoms with Gasteiger partial charge < -0.3 is 15.7 Å². The molecule has 0 spiro atoms. The molecule has 11 heteroatoms. The molecule has 4 aromatic rings. The Morgan fingerprint density at radius 1 is 1.08 bits per heavy atom. The van der Waals surface area contributed by atoms with Crippen molar-refractivity contribution in [1.82, 2.24) is 29.9 Å². The third-order valence-electron chi connectivity index (χ3n) is 6.03. The highest BCUT2D eigenvalue weighted by Gasteiger charge is 2.29. The highest BCUT2D eigenvalue weighted by molar-refractivity contribution is 5.78. The van der Waals surface area contributed by atoms with Gasteiger partial charge in [-0.3, -0.25) is 0 Å². The first kappa shape index (κ1) is 22.9. The Labute approximate surface area is 206 Å². The molecular formula is C25H23N9O2. The van der Waals surface area contributed by atoms with Gasteiger partial charge in [-0.05, 0) is 49.6 Å². The lowest BCUT2D eigenvalue weighted by molar-refractivity contribution is -0.139. The van der Waals surface area contributed by atoms with E-state index in [0.29, 0.717) is 48.0 Å². The number of carbonyl (C=O) groups is 1. The second-order valence-electron chi connectivity index (χ2n) is 8.52. The Hall–Kier alpha value is -4.85. The summed E-state index contributed by atoms with van der Waals surface area (Å²) in [4.78, 5) is 26.8. The third-order valence-corrected chi connectivity index (χ3v) is 6.03. The molecule has 3 N–H and O–H groups in total. The molecular weight excluding hydrogens is 458 g/mol. The van der Waals surface area contributed by atoms with E-state index in [-0.39, 0.29) is 5.95 Å². The van der Waals surface area contributed by atoms with Crippen molar-refractivity contribution in [2.75, 3.05) is 17.2 Å². The summed E-state index contributed by atoms with van der Waals surface area (Å²) in [5, 5.41) is 27.2. The van der Waals surface area contributed by atoms with Crippen molar-refractivity contribution >= 4 is 17.7 Å². The molecule has 4 heterocycles. The van der Waals surface area contributed by atoms with Crippen molar-refractivity contribution < 1.29 is 9.90 Å². The lowest BCUT2D eigenvalue weighted by Gasteiger charge is -2.34. The molecule has 0 saturated carbocycles. The van der Waals surface area contributed by atoms with Gasteiger partial charge in [-0.25, -0.2) is 24.4 Å². The number of piperidine rings is 1. The van der Waals surface area contributed by atoms with Crippen LogP contribution in [0, 0.1) is 11.3 Å². The van der Waals surface area contributed by atoms with Crippen molar-refractivity contribution in [3.63, 3.8) is 0 Å². The van der Waals surface area contributed by atoms with E-state index >= 15 is 0 Å². The predicted octanol–water partition coefficient (Wildman–Crippen LogP) is 2.74. The second-order valence-corrected chi connectivity index (χ2v) is 8.52. The van der Waals surface area contributed by atoms with Gasteiger partial charge in [0.05, 0.1) is 41.5 Å². The van der Waals surface area contributed by atoms with Crippen molar-refractivity contribution in [1.29, 1.82) is 5.26 Å². The van der Waals surface area contributed by atoms with Crippen LogP contribution in [-0.4, -0.2) is 53.6 Å². The maximum atomic E-state index is 11.7. The van der Waals surface area contributed by atoms with Crippen LogP contribution in [0.25, 0.3) is 22.6 Å². The third kappa shape index (κ3) is 4.83. The zero-order valence-electron chi connectivity index (χ0n) is 19.3. The van der Waals surface area contributed by atoms with Gasteiger partial charge in [0.15, 0.2) is 0 Å². The number of benzene rings is 1. The zero-order valence-corrected chi connectivity index (χ0v) is 19.3. The maximum Gasteiger partial charge on any atom is 0.326 e. The molecule has 1 aromatic carbocycles. The van der Waals surface area contributed by atoms with E-state index in [9.17, 15) is 15.2 Å². The molecule has 1 aliphatic heterocycles.